The molecule has 1 aliphatic rings. The minimum atomic E-state index is -4.46. The number of ether oxygens (including phenoxy) is 2. The summed E-state index contributed by atoms with van der Waals surface area (Å²) in [5.41, 5.74) is 0.661. The van der Waals surface area contributed by atoms with Crippen LogP contribution in [0.1, 0.15) is 12.0 Å². The average molecular weight is 417 g/mol. The predicted molar refractivity (Wildman–Crippen MR) is 102 cm³/mol. The van der Waals surface area contributed by atoms with Crippen molar-refractivity contribution in [3.05, 3.63) is 60.3 Å². The summed E-state index contributed by atoms with van der Waals surface area (Å²) < 4.78 is 49.4. The van der Waals surface area contributed by atoms with Crippen LogP contribution in [0.2, 0.25) is 0 Å². The zero-order chi connectivity index (χ0) is 21.1. The second kappa shape index (κ2) is 8.17. The van der Waals surface area contributed by atoms with Gasteiger partial charge in [0.25, 0.3) is 5.91 Å². The van der Waals surface area contributed by atoms with Gasteiger partial charge in [0.05, 0.1) is 29.3 Å². The number of hydrogen-bond acceptors (Lipinski definition) is 5. The number of carbonyl (C=O) groups excluding carboxylic acids is 1. The fourth-order valence-corrected chi connectivity index (χ4v) is 3.22. The summed E-state index contributed by atoms with van der Waals surface area (Å²) in [6.45, 7) is 0.472. The number of hydrogen-bond donors (Lipinski definition) is 0. The molecule has 1 amide bonds. The van der Waals surface area contributed by atoms with Gasteiger partial charge < -0.3 is 14.4 Å². The van der Waals surface area contributed by atoms with Crippen LogP contribution in [0.5, 0.6) is 11.6 Å². The zero-order valence-corrected chi connectivity index (χ0v) is 15.8. The number of benzene rings is 2. The van der Waals surface area contributed by atoms with Gasteiger partial charge in [-0.05, 0) is 30.3 Å². The first kappa shape index (κ1) is 19.9. The molecule has 0 radical (unpaired) electrons. The number of amides is 1. The number of rotatable bonds is 5. The first-order valence-electron chi connectivity index (χ1n) is 9.35. The van der Waals surface area contributed by atoms with Crippen molar-refractivity contribution < 1.29 is 27.4 Å². The number of likely N-dealkylation sites (tertiary alicyclic amines) is 1. The highest BCUT2D eigenvalue weighted by molar-refractivity contribution is 5.78. The molecule has 0 bridgehead atoms. The first-order valence-corrected chi connectivity index (χ1v) is 9.35. The Morgan fingerprint density at radius 2 is 1.93 bits per heavy atom. The molecule has 4 rings (SSSR count). The summed E-state index contributed by atoms with van der Waals surface area (Å²) in [4.78, 5) is 22.6. The van der Waals surface area contributed by atoms with Crippen molar-refractivity contribution in [1.29, 1.82) is 0 Å². The molecule has 2 aromatic carbocycles. The second-order valence-corrected chi connectivity index (χ2v) is 6.88. The fraction of sp³-hybridized carbons (Fsp3) is 0.286. The second-order valence-electron chi connectivity index (χ2n) is 6.88. The summed E-state index contributed by atoms with van der Waals surface area (Å²) >= 11 is 0. The van der Waals surface area contributed by atoms with Crippen molar-refractivity contribution in [2.45, 2.75) is 18.7 Å². The summed E-state index contributed by atoms with van der Waals surface area (Å²) in [5, 5.41) is 0. The van der Waals surface area contributed by atoms with Crippen molar-refractivity contribution >= 4 is 16.9 Å². The number of aromatic nitrogens is 2. The minimum absolute atomic E-state index is 0.00314. The van der Waals surface area contributed by atoms with Crippen molar-refractivity contribution in [2.75, 3.05) is 19.7 Å². The highest BCUT2D eigenvalue weighted by Crippen LogP contribution is 2.31. The lowest BCUT2D eigenvalue weighted by Gasteiger charge is -2.17. The topological polar surface area (TPSA) is 64.5 Å². The van der Waals surface area contributed by atoms with Gasteiger partial charge in [-0.25, -0.2) is 9.97 Å². The third-order valence-electron chi connectivity index (χ3n) is 4.74. The van der Waals surface area contributed by atoms with Crippen LogP contribution in [0.4, 0.5) is 13.2 Å². The molecule has 1 aromatic heterocycles. The molecule has 1 aliphatic heterocycles. The quantitative estimate of drug-likeness (QED) is 0.633. The largest absolute Gasteiger partial charge is 0.484 e. The molecule has 156 valence electrons. The van der Waals surface area contributed by atoms with Gasteiger partial charge in [0.15, 0.2) is 6.61 Å². The molecule has 1 unspecified atom stereocenters. The van der Waals surface area contributed by atoms with Crippen LogP contribution < -0.4 is 9.47 Å². The van der Waals surface area contributed by atoms with Gasteiger partial charge in [0.1, 0.15) is 11.9 Å². The maximum absolute atomic E-state index is 12.8. The lowest BCUT2D eigenvalue weighted by molar-refractivity contribution is -0.137. The van der Waals surface area contributed by atoms with E-state index in [9.17, 15) is 18.0 Å². The Bertz CT molecular complexity index is 1060. The molecular formula is C21H18F3N3O3. The van der Waals surface area contributed by atoms with E-state index in [1.165, 1.54) is 12.1 Å². The summed E-state index contributed by atoms with van der Waals surface area (Å²) in [7, 11) is 0. The maximum atomic E-state index is 12.8. The lowest BCUT2D eigenvalue weighted by Crippen LogP contribution is -2.34. The van der Waals surface area contributed by atoms with E-state index >= 15 is 0 Å². The number of fused-ring (bicyclic) bond motifs is 1. The van der Waals surface area contributed by atoms with Gasteiger partial charge in [0, 0.05) is 13.0 Å². The molecule has 30 heavy (non-hydrogen) atoms. The first-order chi connectivity index (χ1) is 14.4. The van der Waals surface area contributed by atoms with Crippen molar-refractivity contribution in [3.8, 4) is 11.6 Å². The van der Waals surface area contributed by atoms with E-state index in [4.69, 9.17) is 9.47 Å². The van der Waals surface area contributed by atoms with Crippen molar-refractivity contribution in [2.24, 2.45) is 0 Å². The number of carbonyl (C=O) groups is 1. The Morgan fingerprint density at radius 3 is 2.73 bits per heavy atom. The molecule has 0 saturated carbocycles. The van der Waals surface area contributed by atoms with Crippen LogP contribution in [0.15, 0.2) is 54.7 Å². The Hall–Kier alpha value is -3.36. The summed E-state index contributed by atoms with van der Waals surface area (Å²) in [6, 6.07) is 11.9. The molecule has 0 aliphatic carbocycles. The van der Waals surface area contributed by atoms with E-state index in [0.717, 1.165) is 23.2 Å². The van der Waals surface area contributed by atoms with Crippen molar-refractivity contribution in [3.63, 3.8) is 0 Å². The smallest absolute Gasteiger partial charge is 0.416 e. The SMILES string of the molecule is O=C(COc1cccc(C(F)(F)F)c1)N1CCC(Oc2cnc3ccccc3n2)C1. The molecule has 9 heteroatoms. The van der Waals surface area contributed by atoms with Gasteiger partial charge in [-0.2, -0.15) is 13.2 Å². The van der Waals surface area contributed by atoms with Crippen LogP contribution in [-0.2, 0) is 11.0 Å². The van der Waals surface area contributed by atoms with Gasteiger partial charge in [-0.15, -0.1) is 0 Å². The summed E-state index contributed by atoms with van der Waals surface area (Å²) in [5.74, 6) is 0.0629. The molecule has 6 nitrogen and oxygen atoms in total. The van der Waals surface area contributed by atoms with E-state index in [1.54, 1.807) is 11.1 Å². The zero-order valence-electron chi connectivity index (χ0n) is 15.8. The van der Waals surface area contributed by atoms with E-state index in [2.05, 4.69) is 9.97 Å². The molecule has 1 fully saturated rings. The van der Waals surface area contributed by atoms with Crippen LogP contribution in [0, 0.1) is 0 Å². The number of alkyl halides is 3. The predicted octanol–water partition coefficient (Wildman–Crippen LogP) is 3.71. The van der Waals surface area contributed by atoms with Crippen LogP contribution in [0.3, 0.4) is 0 Å². The highest BCUT2D eigenvalue weighted by Gasteiger charge is 2.31. The van der Waals surface area contributed by atoms with Gasteiger partial charge >= 0.3 is 6.18 Å². The van der Waals surface area contributed by atoms with E-state index in [-0.39, 0.29) is 24.4 Å². The van der Waals surface area contributed by atoms with Crippen molar-refractivity contribution in [1.82, 2.24) is 14.9 Å². The van der Waals surface area contributed by atoms with Crippen LogP contribution in [0.25, 0.3) is 11.0 Å². The van der Waals surface area contributed by atoms with E-state index < -0.39 is 11.7 Å². The van der Waals surface area contributed by atoms with E-state index in [1.807, 2.05) is 24.3 Å². The number of halogens is 3. The molecule has 1 saturated heterocycles. The molecule has 3 aromatic rings. The average Bonchev–Trinajstić information content (AvgIpc) is 3.20. The number of para-hydroxylation sites is 2. The molecule has 2 heterocycles. The van der Waals surface area contributed by atoms with Gasteiger partial charge in [-0.3, -0.25) is 4.79 Å². The molecular weight excluding hydrogens is 399 g/mol. The van der Waals surface area contributed by atoms with E-state index in [0.29, 0.717) is 25.4 Å². The fourth-order valence-electron chi connectivity index (χ4n) is 3.22. The minimum Gasteiger partial charge on any atom is -0.484 e. The molecule has 0 N–H and O–H groups in total. The molecule has 1 atom stereocenters. The Balaban J connectivity index is 1.31. The van der Waals surface area contributed by atoms with Gasteiger partial charge in [-0.1, -0.05) is 18.2 Å². The number of nitrogens with zero attached hydrogens (tertiary/aromatic N) is 3. The third-order valence-corrected chi connectivity index (χ3v) is 4.74. The Morgan fingerprint density at radius 1 is 1.13 bits per heavy atom. The standard InChI is InChI=1S/C21H18F3N3O3/c22-21(23,24)14-4-3-5-15(10-14)29-13-20(28)27-9-8-16(12-27)30-19-11-25-17-6-1-2-7-18(17)26-19/h1-7,10-11,16H,8-9,12-13H2. The Labute approximate surface area is 170 Å². The molecule has 0 spiro atoms. The van der Waals surface area contributed by atoms with Crippen LogP contribution in [-0.4, -0.2) is 46.6 Å². The highest BCUT2D eigenvalue weighted by atomic mass is 19.4. The van der Waals surface area contributed by atoms with Gasteiger partial charge in [0.2, 0.25) is 5.88 Å². The monoisotopic (exact) mass is 417 g/mol. The van der Waals surface area contributed by atoms with Crippen LogP contribution >= 0.6 is 0 Å². The lowest BCUT2D eigenvalue weighted by atomic mass is 10.2. The normalized spacial score (nSPS) is 16.6. The third kappa shape index (κ3) is 4.61. The summed E-state index contributed by atoms with van der Waals surface area (Å²) in [6.07, 6.45) is -2.54. The maximum Gasteiger partial charge on any atom is 0.416 e. The Kier molecular flexibility index (Phi) is 5.43.